The Hall–Kier alpha value is -1.33. The number of rotatable bonds is 2. The molecule has 4 nitrogen and oxygen atoms in total. The van der Waals surface area contributed by atoms with Crippen LogP contribution in [0.25, 0.3) is 0 Å². The van der Waals surface area contributed by atoms with Crippen LogP contribution in [-0.4, -0.2) is 29.0 Å². The molecule has 1 atom stereocenters. The molecule has 2 rings (SSSR count). The number of thiocarbonyl (C=S) groups is 1. The Morgan fingerprint density at radius 3 is 2.95 bits per heavy atom. The summed E-state index contributed by atoms with van der Waals surface area (Å²) < 4.78 is 0. The van der Waals surface area contributed by atoms with Gasteiger partial charge in [0.2, 0.25) is 5.91 Å². The van der Waals surface area contributed by atoms with Crippen LogP contribution in [0.2, 0.25) is 5.02 Å². The van der Waals surface area contributed by atoms with Crippen molar-refractivity contribution in [3.8, 4) is 0 Å². The summed E-state index contributed by atoms with van der Waals surface area (Å²) in [5.74, 6) is -0.374. The van der Waals surface area contributed by atoms with Gasteiger partial charge in [0.1, 0.15) is 0 Å². The second-order valence-electron chi connectivity index (χ2n) is 5.08. The number of likely N-dealkylation sites (tertiary alicyclic amines) is 1. The van der Waals surface area contributed by atoms with Crippen LogP contribution >= 0.6 is 23.8 Å². The van der Waals surface area contributed by atoms with Gasteiger partial charge in [-0.25, -0.2) is 0 Å². The molecule has 0 spiro atoms. The molecule has 0 radical (unpaired) electrons. The molecule has 1 aromatic carbocycles. The van der Waals surface area contributed by atoms with Gasteiger partial charge in [0.15, 0.2) is 5.11 Å². The Morgan fingerprint density at radius 1 is 1.55 bits per heavy atom. The quantitative estimate of drug-likeness (QED) is 0.824. The number of primary amides is 1. The van der Waals surface area contributed by atoms with Crippen LogP contribution < -0.4 is 11.1 Å². The summed E-state index contributed by atoms with van der Waals surface area (Å²) in [7, 11) is 0. The Kier molecular flexibility index (Phi) is 4.83. The fourth-order valence-corrected chi connectivity index (χ4v) is 2.73. The van der Waals surface area contributed by atoms with Gasteiger partial charge >= 0.3 is 0 Å². The van der Waals surface area contributed by atoms with Gasteiger partial charge in [-0.1, -0.05) is 17.7 Å². The molecular formula is C14H18ClN3OS. The predicted molar refractivity (Wildman–Crippen MR) is 85.9 cm³/mol. The van der Waals surface area contributed by atoms with E-state index in [4.69, 9.17) is 29.6 Å². The van der Waals surface area contributed by atoms with E-state index in [1.54, 1.807) is 0 Å². The van der Waals surface area contributed by atoms with Crippen molar-refractivity contribution in [3.05, 3.63) is 28.8 Å². The molecule has 1 heterocycles. The van der Waals surface area contributed by atoms with E-state index >= 15 is 0 Å². The molecule has 1 aliphatic rings. The maximum absolute atomic E-state index is 11.3. The normalized spacial score (nSPS) is 18.7. The summed E-state index contributed by atoms with van der Waals surface area (Å²) in [5.41, 5.74) is 7.25. The molecule has 0 saturated carbocycles. The number of carbonyl (C=O) groups excluding carboxylic acids is 1. The van der Waals surface area contributed by atoms with Crippen LogP contribution in [0.1, 0.15) is 18.4 Å². The smallest absolute Gasteiger partial charge is 0.222 e. The minimum Gasteiger partial charge on any atom is -0.369 e. The minimum absolute atomic E-state index is 0.120. The third kappa shape index (κ3) is 3.61. The van der Waals surface area contributed by atoms with Crippen molar-refractivity contribution in [3.63, 3.8) is 0 Å². The number of halogens is 1. The highest BCUT2D eigenvalue weighted by atomic mass is 35.5. The summed E-state index contributed by atoms with van der Waals surface area (Å²) in [5, 5.41) is 4.47. The third-order valence-corrected chi connectivity index (χ3v) is 4.30. The second-order valence-corrected chi connectivity index (χ2v) is 5.88. The van der Waals surface area contributed by atoms with Crippen LogP contribution in [0.15, 0.2) is 18.2 Å². The molecule has 1 saturated heterocycles. The molecule has 108 valence electrons. The summed E-state index contributed by atoms with van der Waals surface area (Å²) in [4.78, 5) is 13.3. The van der Waals surface area contributed by atoms with Crippen molar-refractivity contribution in [2.45, 2.75) is 19.8 Å². The van der Waals surface area contributed by atoms with Gasteiger partial charge in [-0.2, -0.15) is 0 Å². The van der Waals surface area contributed by atoms with Gasteiger partial charge in [0.05, 0.1) is 5.92 Å². The number of carbonyl (C=O) groups is 1. The number of aryl methyl sites for hydroxylation is 1. The van der Waals surface area contributed by atoms with Crippen LogP contribution in [0, 0.1) is 12.8 Å². The number of benzene rings is 1. The SMILES string of the molecule is Cc1ccc(NC(=S)N2CCC[C@@H](C(N)=O)C2)cc1Cl. The Balaban J connectivity index is 2.00. The van der Waals surface area contributed by atoms with E-state index in [0.717, 1.165) is 30.6 Å². The fourth-order valence-electron chi connectivity index (χ4n) is 2.27. The number of hydrogen-bond donors (Lipinski definition) is 2. The number of nitrogens with zero attached hydrogens (tertiary/aromatic N) is 1. The molecular weight excluding hydrogens is 294 g/mol. The lowest BCUT2D eigenvalue weighted by molar-refractivity contribution is -0.122. The Labute approximate surface area is 129 Å². The van der Waals surface area contributed by atoms with E-state index in [9.17, 15) is 4.79 Å². The Bertz CT molecular complexity index is 535. The zero-order valence-electron chi connectivity index (χ0n) is 11.4. The van der Waals surface area contributed by atoms with Crippen LogP contribution in [-0.2, 0) is 4.79 Å². The maximum Gasteiger partial charge on any atom is 0.222 e. The van der Waals surface area contributed by atoms with Gasteiger partial charge in [0.25, 0.3) is 0 Å². The molecule has 0 aromatic heterocycles. The van der Waals surface area contributed by atoms with Crippen LogP contribution in [0.4, 0.5) is 5.69 Å². The van der Waals surface area contributed by atoms with Crippen molar-refractivity contribution in [2.75, 3.05) is 18.4 Å². The first-order valence-corrected chi connectivity index (χ1v) is 7.37. The standard InChI is InChI=1S/C14H18ClN3OS/c1-9-4-5-11(7-12(9)15)17-14(20)18-6-2-3-10(8-18)13(16)19/h4-5,7,10H,2-3,6,8H2,1H3,(H2,16,19)(H,17,20)/t10-/m1/s1. The molecule has 1 fully saturated rings. The summed E-state index contributed by atoms with van der Waals surface area (Å²) >= 11 is 11.5. The van der Waals surface area contributed by atoms with E-state index in [1.165, 1.54) is 0 Å². The van der Waals surface area contributed by atoms with Crippen molar-refractivity contribution in [2.24, 2.45) is 11.7 Å². The number of amides is 1. The second kappa shape index (κ2) is 6.41. The molecule has 1 aromatic rings. The molecule has 0 bridgehead atoms. The first kappa shape index (κ1) is 15.1. The average molecular weight is 312 g/mol. The number of nitrogens with one attached hydrogen (secondary N) is 1. The molecule has 6 heteroatoms. The summed E-state index contributed by atoms with van der Waals surface area (Å²) in [6.07, 6.45) is 1.76. The minimum atomic E-state index is -0.254. The molecule has 3 N–H and O–H groups in total. The third-order valence-electron chi connectivity index (χ3n) is 3.53. The molecule has 1 amide bonds. The lowest BCUT2D eigenvalue weighted by atomic mass is 9.98. The van der Waals surface area contributed by atoms with E-state index in [-0.39, 0.29) is 11.8 Å². The van der Waals surface area contributed by atoms with Gasteiger partial charge in [-0.05, 0) is 49.7 Å². The monoisotopic (exact) mass is 311 g/mol. The first-order valence-electron chi connectivity index (χ1n) is 6.59. The van der Waals surface area contributed by atoms with E-state index < -0.39 is 0 Å². The van der Waals surface area contributed by atoms with E-state index in [0.29, 0.717) is 16.7 Å². The highest BCUT2D eigenvalue weighted by molar-refractivity contribution is 7.80. The predicted octanol–water partition coefficient (Wildman–Crippen LogP) is 2.54. The lowest BCUT2D eigenvalue weighted by Gasteiger charge is -2.33. The Morgan fingerprint density at radius 2 is 2.30 bits per heavy atom. The number of nitrogens with two attached hydrogens (primary N) is 1. The lowest BCUT2D eigenvalue weighted by Crippen LogP contribution is -2.45. The molecule has 0 aliphatic carbocycles. The zero-order valence-corrected chi connectivity index (χ0v) is 12.9. The van der Waals surface area contributed by atoms with Gasteiger partial charge in [-0.3, -0.25) is 4.79 Å². The maximum atomic E-state index is 11.3. The van der Waals surface area contributed by atoms with Gasteiger partial charge < -0.3 is 16.0 Å². The van der Waals surface area contributed by atoms with Crippen LogP contribution in [0.3, 0.4) is 0 Å². The van der Waals surface area contributed by atoms with Crippen molar-refractivity contribution >= 4 is 40.5 Å². The summed E-state index contributed by atoms with van der Waals surface area (Å²) in [6, 6.07) is 5.72. The van der Waals surface area contributed by atoms with Crippen molar-refractivity contribution < 1.29 is 4.79 Å². The first-order chi connectivity index (χ1) is 9.47. The average Bonchev–Trinajstić information content (AvgIpc) is 2.43. The summed E-state index contributed by atoms with van der Waals surface area (Å²) in [6.45, 7) is 3.38. The highest BCUT2D eigenvalue weighted by Gasteiger charge is 2.25. The van der Waals surface area contributed by atoms with Crippen LogP contribution in [0.5, 0.6) is 0 Å². The number of piperidine rings is 1. The van der Waals surface area contributed by atoms with Gasteiger partial charge in [0, 0.05) is 23.8 Å². The molecule has 0 unspecified atom stereocenters. The molecule has 1 aliphatic heterocycles. The van der Waals surface area contributed by atoms with Crippen molar-refractivity contribution in [1.82, 2.24) is 4.90 Å². The van der Waals surface area contributed by atoms with E-state index in [1.807, 2.05) is 30.0 Å². The molecule has 20 heavy (non-hydrogen) atoms. The topological polar surface area (TPSA) is 58.4 Å². The van der Waals surface area contributed by atoms with Gasteiger partial charge in [-0.15, -0.1) is 0 Å². The zero-order chi connectivity index (χ0) is 14.7. The highest BCUT2D eigenvalue weighted by Crippen LogP contribution is 2.21. The number of hydrogen-bond acceptors (Lipinski definition) is 2. The largest absolute Gasteiger partial charge is 0.369 e. The van der Waals surface area contributed by atoms with E-state index in [2.05, 4.69) is 5.32 Å². The fraction of sp³-hybridized carbons (Fsp3) is 0.429. The van der Waals surface area contributed by atoms with Crippen molar-refractivity contribution in [1.29, 1.82) is 0 Å². The number of anilines is 1.